The molecular weight excluding hydrogens is 534 g/mol. The quantitative estimate of drug-likeness (QED) is 0.314. The van der Waals surface area contributed by atoms with Crippen LogP contribution in [0.15, 0.2) is 76.6 Å². The van der Waals surface area contributed by atoms with E-state index in [1.807, 2.05) is 18.2 Å². The molecule has 0 saturated carbocycles. The van der Waals surface area contributed by atoms with Gasteiger partial charge in [-0.05, 0) is 66.1 Å². The molecule has 0 radical (unpaired) electrons. The average molecular weight is 558 g/mol. The third-order valence-electron chi connectivity index (χ3n) is 5.57. The van der Waals surface area contributed by atoms with Gasteiger partial charge in [0, 0.05) is 16.3 Å². The third-order valence-corrected chi connectivity index (χ3v) is 8.26. The first-order valence-corrected chi connectivity index (χ1v) is 13.9. The van der Waals surface area contributed by atoms with Crippen molar-refractivity contribution in [3.05, 3.63) is 87.7 Å². The summed E-state index contributed by atoms with van der Waals surface area (Å²) in [6.45, 7) is 4.06. The van der Waals surface area contributed by atoms with Gasteiger partial charge in [-0.2, -0.15) is 4.99 Å². The summed E-state index contributed by atoms with van der Waals surface area (Å²) < 4.78 is 35.3. The molecular formula is C26H24ClN3O5S2. The minimum atomic E-state index is -3.89. The number of benzene rings is 3. The van der Waals surface area contributed by atoms with Crippen molar-refractivity contribution in [2.45, 2.75) is 31.2 Å². The molecule has 37 heavy (non-hydrogen) atoms. The summed E-state index contributed by atoms with van der Waals surface area (Å²) in [5.74, 6) is -0.746. The van der Waals surface area contributed by atoms with E-state index in [2.05, 4.69) is 23.6 Å². The molecule has 1 amide bonds. The van der Waals surface area contributed by atoms with Crippen molar-refractivity contribution in [2.24, 2.45) is 4.99 Å². The van der Waals surface area contributed by atoms with E-state index in [1.54, 1.807) is 16.7 Å². The van der Waals surface area contributed by atoms with Crippen LogP contribution < -0.4 is 9.52 Å². The van der Waals surface area contributed by atoms with Crippen LogP contribution in [0.5, 0.6) is 0 Å². The van der Waals surface area contributed by atoms with Crippen LogP contribution >= 0.6 is 22.9 Å². The van der Waals surface area contributed by atoms with Crippen LogP contribution in [0.2, 0.25) is 5.02 Å². The van der Waals surface area contributed by atoms with Gasteiger partial charge in [0.25, 0.3) is 15.9 Å². The molecule has 0 atom stereocenters. The van der Waals surface area contributed by atoms with Crippen molar-refractivity contribution in [3.8, 4) is 0 Å². The molecule has 0 aliphatic carbocycles. The Morgan fingerprint density at radius 2 is 1.81 bits per heavy atom. The number of thiazole rings is 1. The highest BCUT2D eigenvalue weighted by Crippen LogP contribution is 2.24. The van der Waals surface area contributed by atoms with Gasteiger partial charge in [0.05, 0.1) is 22.2 Å². The summed E-state index contributed by atoms with van der Waals surface area (Å²) in [6, 6.07) is 17.7. The molecule has 192 valence electrons. The first-order chi connectivity index (χ1) is 17.6. The van der Waals surface area contributed by atoms with Gasteiger partial charge in [0.2, 0.25) is 0 Å². The molecule has 8 nitrogen and oxygen atoms in total. The van der Waals surface area contributed by atoms with E-state index < -0.39 is 21.9 Å². The third kappa shape index (κ3) is 6.10. The minimum absolute atomic E-state index is 0.0354. The number of hydrogen-bond acceptors (Lipinski definition) is 6. The van der Waals surface area contributed by atoms with Crippen LogP contribution in [-0.4, -0.2) is 32.0 Å². The highest BCUT2D eigenvalue weighted by Gasteiger charge is 2.16. The van der Waals surface area contributed by atoms with E-state index in [4.69, 9.17) is 16.3 Å². The number of aromatic nitrogens is 1. The summed E-state index contributed by atoms with van der Waals surface area (Å²) in [5.41, 5.74) is 2.27. The average Bonchev–Trinajstić information content (AvgIpc) is 3.19. The number of nitrogens with zero attached hydrogens (tertiary/aromatic N) is 2. The predicted octanol–water partition coefficient (Wildman–Crippen LogP) is 5.19. The number of sulfonamides is 1. The number of hydrogen-bond donors (Lipinski definition) is 1. The number of methoxy groups -OCH3 is 1. The second-order valence-corrected chi connectivity index (χ2v) is 11.6. The Morgan fingerprint density at radius 3 is 2.49 bits per heavy atom. The van der Waals surface area contributed by atoms with Crippen LogP contribution in [0.4, 0.5) is 5.69 Å². The number of halogens is 1. The highest BCUT2D eigenvalue weighted by molar-refractivity contribution is 7.92. The zero-order chi connectivity index (χ0) is 26.7. The van der Waals surface area contributed by atoms with Crippen LogP contribution in [0.1, 0.15) is 35.7 Å². The smallest absolute Gasteiger partial charge is 0.325 e. The van der Waals surface area contributed by atoms with Crippen LogP contribution in [0.3, 0.4) is 0 Å². The fourth-order valence-electron chi connectivity index (χ4n) is 3.58. The Bertz CT molecular complexity index is 1660. The molecule has 3 aromatic carbocycles. The Hall–Kier alpha value is -3.47. The molecule has 4 aromatic rings. The maximum Gasteiger partial charge on any atom is 0.325 e. The molecule has 0 aliphatic rings. The lowest BCUT2D eigenvalue weighted by Crippen LogP contribution is -2.22. The molecule has 0 unspecified atom stereocenters. The molecule has 4 rings (SSSR count). The fraction of sp³-hybridized carbons (Fsp3) is 0.192. The SMILES string of the molecule is COC(=O)Cn1c(=NC(=O)c2cccc(NS(=O)(=O)c3ccc(Cl)cc3)c2)sc2cc(C(C)C)ccc21. The normalized spacial score (nSPS) is 12.2. The summed E-state index contributed by atoms with van der Waals surface area (Å²) in [6.07, 6.45) is 0. The highest BCUT2D eigenvalue weighted by atomic mass is 35.5. The largest absolute Gasteiger partial charge is 0.468 e. The Morgan fingerprint density at radius 1 is 1.08 bits per heavy atom. The van der Waals surface area contributed by atoms with Gasteiger partial charge in [0.15, 0.2) is 4.80 Å². The van der Waals surface area contributed by atoms with E-state index in [9.17, 15) is 18.0 Å². The maximum atomic E-state index is 13.1. The molecule has 1 aromatic heterocycles. The predicted molar refractivity (Wildman–Crippen MR) is 145 cm³/mol. The number of nitrogens with one attached hydrogen (secondary N) is 1. The molecule has 0 fully saturated rings. The van der Waals surface area contributed by atoms with Crippen LogP contribution in [-0.2, 0) is 26.1 Å². The molecule has 1 heterocycles. The molecule has 0 bridgehead atoms. The minimum Gasteiger partial charge on any atom is -0.468 e. The van der Waals surface area contributed by atoms with Crippen molar-refractivity contribution >= 4 is 60.7 Å². The zero-order valence-electron chi connectivity index (χ0n) is 20.3. The first kappa shape index (κ1) is 26.6. The fourth-order valence-corrected chi connectivity index (χ4v) is 5.83. The second kappa shape index (κ2) is 10.9. The maximum absolute atomic E-state index is 13.1. The summed E-state index contributed by atoms with van der Waals surface area (Å²) in [5, 5.41) is 0.416. The first-order valence-electron chi connectivity index (χ1n) is 11.2. The Kier molecular flexibility index (Phi) is 7.82. The number of rotatable bonds is 7. The number of carbonyl (C=O) groups is 2. The Balaban J connectivity index is 1.70. The van der Waals surface area contributed by atoms with Crippen molar-refractivity contribution in [1.82, 2.24) is 4.57 Å². The summed E-state index contributed by atoms with van der Waals surface area (Å²) in [7, 11) is -2.59. The van der Waals surface area contributed by atoms with Gasteiger partial charge < -0.3 is 9.30 Å². The molecule has 0 saturated heterocycles. The van der Waals surface area contributed by atoms with Crippen LogP contribution in [0.25, 0.3) is 10.2 Å². The topological polar surface area (TPSA) is 107 Å². The van der Waals surface area contributed by atoms with Gasteiger partial charge in [-0.3, -0.25) is 14.3 Å². The summed E-state index contributed by atoms with van der Waals surface area (Å²) >= 11 is 7.14. The molecule has 0 aliphatic heterocycles. The van der Waals surface area contributed by atoms with E-state index in [1.165, 1.54) is 54.8 Å². The number of carbonyl (C=O) groups excluding carboxylic acids is 2. The number of fused-ring (bicyclic) bond motifs is 1. The Labute approximate surface area is 223 Å². The van der Waals surface area contributed by atoms with E-state index in [0.717, 1.165) is 15.8 Å². The van der Waals surface area contributed by atoms with Gasteiger partial charge >= 0.3 is 5.97 Å². The second-order valence-electron chi connectivity index (χ2n) is 8.49. The number of anilines is 1. The lowest BCUT2D eigenvalue weighted by molar-refractivity contribution is -0.141. The van der Waals surface area contributed by atoms with Crippen molar-refractivity contribution in [3.63, 3.8) is 0 Å². The van der Waals surface area contributed by atoms with Crippen molar-refractivity contribution in [1.29, 1.82) is 0 Å². The van der Waals surface area contributed by atoms with Gasteiger partial charge in [-0.25, -0.2) is 8.42 Å². The molecule has 0 spiro atoms. The lowest BCUT2D eigenvalue weighted by atomic mass is 10.0. The number of esters is 1. The van der Waals surface area contributed by atoms with E-state index in [0.29, 0.717) is 15.7 Å². The van der Waals surface area contributed by atoms with Crippen molar-refractivity contribution < 1.29 is 22.7 Å². The standard InChI is InChI=1S/C26H24ClN3O5S2/c1-16(2)17-7-12-22-23(14-17)36-26(30(22)15-24(31)35-3)28-25(32)18-5-4-6-20(13-18)29-37(33,34)21-10-8-19(27)9-11-21/h4-14,16,29H,15H2,1-3H3. The van der Waals surface area contributed by atoms with Gasteiger partial charge in [-0.1, -0.05) is 48.9 Å². The molecule has 11 heteroatoms. The summed E-state index contributed by atoms with van der Waals surface area (Å²) in [4.78, 5) is 29.8. The lowest BCUT2D eigenvalue weighted by Gasteiger charge is -2.09. The van der Waals surface area contributed by atoms with E-state index in [-0.39, 0.29) is 22.7 Å². The van der Waals surface area contributed by atoms with E-state index >= 15 is 0 Å². The number of ether oxygens (including phenoxy) is 1. The number of amides is 1. The van der Waals surface area contributed by atoms with Crippen LogP contribution in [0, 0.1) is 0 Å². The van der Waals surface area contributed by atoms with Crippen molar-refractivity contribution in [2.75, 3.05) is 11.8 Å². The monoisotopic (exact) mass is 557 g/mol. The van der Waals surface area contributed by atoms with Gasteiger partial charge in [0.1, 0.15) is 6.54 Å². The zero-order valence-corrected chi connectivity index (χ0v) is 22.7. The molecule has 1 N–H and O–H groups in total. The van der Waals surface area contributed by atoms with Gasteiger partial charge in [-0.15, -0.1) is 0 Å².